The number of esters is 2. The van der Waals surface area contributed by atoms with Crippen molar-refractivity contribution in [2.75, 3.05) is 23.3 Å². The summed E-state index contributed by atoms with van der Waals surface area (Å²) in [6.45, 7) is 7.18. The summed E-state index contributed by atoms with van der Waals surface area (Å²) in [6.07, 6.45) is 3.76. The second-order valence-electron chi connectivity index (χ2n) is 6.53. The van der Waals surface area contributed by atoms with Gasteiger partial charge in [0.1, 0.15) is 0 Å². The van der Waals surface area contributed by atoms with Crippen LogP contribution in [0, 0.1) is 6.92 Å². The van der Waals surface area contributed by atoms with Gasteiger partial charge in [-0.3, -0.25) is 0 Å². The lowest BCUT2D eigenvalue weighted by molar-refractivity contribution is -0.222. The SMILES string of the molecule is Cc1c(NC=C2C(=O)OC(C)(C)OC2=O)cccc1N1CCCC1. The monoisotopic (exact) mass is 330 g/mol. The fourth-order valence-corrected chi connectivity index (χ4v) is 3.01. The summed E-state index contributed by atoms with van der Waals surface area (Å²) < 4.78 is 10.2. The normalized spacial score (nSPS) is 19.8. The first kappa shape index (κ1) is 16.4. The van der Waals surface area contributed by atoms with Crippen molar-refractivity contribution in [2.45, 2.75) is 39.4 Å². The Balaban J connectivity index is 1.80. The molecule has 1 aromatic carbocycles. The number of rotatable bonds is 3. The maximum atomic E-state index is 12.0. The molecule has 2 aliphatic rings. The molecular formula is C18H22N2O4. The Bertz CT molecular complexity index is 681. The van der Waals surface area contributed by atoms with E-state index >= 15 is 0 Å². The third-order valence-electron chi connectivity index (χ3n) is 4.24. The molecule has 0 spiro atoms. The number of nitrogens with one attached hydrogen (secondary N) is 1. The van der Waals surface area contributed by atoms with Gasteiger partial charge in [0, 0.05) is 44.5 Å². The van der Waals surface area contributed by atoms with Gasteiger partial charge in [0.25, 0.3) is 5.79 Å². The van der Waals surface area contributed by atoms with Crippen LogP contribution in [-0.2, 0) is 19.1 Å². The molecule has 0 atom stereocenters. The second-order valence-corrected chi connectivity index (χ2v) is 6.53. The Kier molecular flexibility index (Phi) is 4.22. The Hall–Kier alpha value is -2.50. The minimum Gasteiger partial charge on any atom is -0.419 e. The van der Waals surface area contributed by atoms with Crippen LogP contribution in [0.25, 0.3) is 0 Å². The lowest BCUT2D eigenvalue weighted by Crippen LogP contribution is -2.42. The number of carbonyl (C=O) groups excluding carboxylic acids is 2. The minimum atomic E-state index is -1.23. The minimum absolute atomic E-state index is 0.139. The van der Waals surface area contributed by atoms with E-state index in [4.69, 9.17) is 9.47 Å². The first-order valence-corrected chi connectivity index (χ1v) is 8.15. The largest absolute Gasteiger partial charge is 0.419 e. The average molecular weight is 330 g/mol. The predicted molar refractivity (Wildman–Crippen MR) is 90.6 cm³/mol. The standard InChI is InChI=1S/C18H22N2O4/c1-12-14(7-6-8-15(12)20-9-4-5-10-20)19-11-13-16(21)23-18(2,3)24-17(13)22/h6-8,11,19H,4-5,9-10H2,1-3H3. The molecule has 2 fully saturated rings. The third-order valence-corrected chi connectivity index (χ3v) is 4.24. The molecule has 6 heteroatoms. The molecule has 2 heterocycles. The summed E-state index contributed by atoms with van der Waals surface area (Å²) in [6, 6.07) is 5.96. The molecule has 0 unspecified atom stereocenters. The van der Waals surface area contributed by atoms with Crippen molar-refractivity contribution in [3.63, 3.8) is 0 Å². The second kappa shape index (κ2) is 6.19. The number of hydrogen-bond acceptors (Lipinski definition) is 6. The molecule has 0 bridgehead atoms. The molecule has 1 N–H and O–H groups in total. The van der Waals surface area contributed by atoms with Gasteiger partial charge in [0.05, 0.1) is 0 Å². The van der Waals surface area contributed by atoms with Crippen LogP contribution in [0.3, 0.4) is 0 Å². The lowest BCUT2D eigenvalue weighted by Gasteiger charge is -2.29. The van der Waals surface area contributed by atoms with Gasteiger partial charge in [-0.1, -0.05) is 6.07 Å². The number of cyclic esters (lactones) is 2. The van der Waals surface area contributed by atoms with Gasteiger partial charge in [-0.05, 0) is 37.5 Å². The Morgan fingerprint density at radius 2 is 1.75 bits per heavy atom. The van der Waals surface area contributed by atoms with E-state index < -0.39 is 17.7 Å². The van der Waals surface area contributed by atoms with Crippen LogP contribution >= 0.6 is 0 Å². The van der Waals surface area contributed by atoms with Crippen molar-refractivity contribution in [1.82, 2.24) is 0 Å². The third kappa shape index (κ3) is 3.22. The molecule has 2 aliphatic heterocycles. The van der Waals surface area contributed by atoms with Crippen molar-refractivity contribution >= 4 is 23.3 Å². The van der Waals surface area contributed by atoms with Crippen LogP contribution in [0.4, 0.5) is 11.4 Å². The van der Waals surface area contributed by atoms with Crippen LogP contribution in [-0.4, -0.2) is 30.8 Å². The maximum Gasteiger partial charge on any atom is 0.350 e. The highest BCUT2D eigenvalue weighted by atomic mass is 16.7. The van der Waals surface area contributed by atoms with Crippen LogP contribution in [0.1, 0.15) is 32.3 Å². The molecule has 128 valence electrons. The van der Waals surface area contributed by atoms with Crippen LogP contribution in [0.2, 0.25) is 0 Å². The van der Waals surface area contributed by atoms with Gasteiger partial charge in [-0.15, -0.1) is 0 Å². The Morgan fingerprint density at radius 3 is 2.38 bits per heavy atom. The summed E-state index contributed by atoms with van der Waals surface area (Å²) in [5.41, 5.74) is 2.96. The first-order valence-electron chi connectivity index (χ1n) is 8.15. The van der Waals surface area contributed by atoms with E-state index in [0.29, 0.717) is 0 Å². The Morgan fingerprint density at radius 1 is 1.12 bits per heavy atom. The van der Waals surface area contributed by atoms with E-state index in [1.807, 2.05) is 19.1 Å². The number of ether oxygens (including phenoxy) is 2. The van der Waals surface area contributed by atoms with E-state index in [2.05, 4.69) is 16.3 Å². The van der Waals surface area contributed by atoms with E-state index in [9.17, 15) is 9.59 Å². The fraction of sp³-hybridized carbons (Fsp3) is 0.444. The van der Waals surface area contributed by atoms with Crippen LogP contribution in [0.15, 0.2) is 30.0 Å². The topological polar surface area (TPSA) is 67.9 Å². The quantitative estimate of drug-likeness (QED) is 0.522. The summed E-state index contributed by atoms with van der Waals surface area (Å²) in [4.78, 5) is 26.3. The van der Waals surface area contributed by atoms with Gasteiger partial charge in [0.15, 0.2) is 5.57 Å². The predicted octanol–water partition coefficient (Wildman–Crippen LogP) is 2.73. The van der Waals surface area contributed by atoms with Gasteiger partial charge in [0.2, 0.25) is 0 Å². The van der Waals surface area contributed by atoms with Crippen LogP contribution < -0.4 is 10.2 Å². The van der Waals surface area contributed by atoms with Gasteiger partial charge >= 0.3 is 11.9 Å². The molecule has 6 nitrogen and oxygen atoms in total. The molecular weight excluding hydrogens is 308 g/mol. The van der Waals surface area contributed by atoms with Gasteiger partial charge in [-0.2, -0.15) is 0 Å². The van der Waals surface area contributed by atoms with E-state index in [1.165, 1.54) is 38.6 Å². The molecule has 0 amide bonds. The summed E-state index contributed by atoms with van der Waals surface area (Å²) in [7, 11) is 0. The summed E-state index contributed by atoms with van der Waals surface area (Å²) in [5.74, 6) is -2.59. The van der Waals surface area contributed by atoms with E-state index in [-0.39, 0.29) is 5.57 Å². The molecule has 0 saturated carbocycles. The lowest BCUT2D eigenvalue weighted by atomic mass is 10.1. The number of benzene rings is 1. The Labute approximate surface area is 141 Å². The molecule has 3 rings (SSSR count). The first-order chi connectivity index (χ1) is 11.4. The zero-order valence-electron chi connectivity index (χ0n) is 14.2. The van der Waals surface area contributed by atoms with Crippen LogP contribution in [0.5, 0.6) is 0 Å². The summed E-state index contributed by atoms with van der Waals surface area (Å²) >= 11 is 0. The van der Waals surface area contributed by atoms with Crippen molar-refractivity contribution in [1.29, 1.82) is 0 Å². The summed E-state index contributed by atoms with van der Waals surface area (Å²) in [5, 5.41) is 3.04. The molecule has 0 aliphatic carbocycles. The van der Waals surface area contributed by atoms with Crippen molar-refractivity contribution in [2.24, 2.45) is 0 Å². The average Bonchev–Trinajstić information content (AvgIpc) is 3.00. The number of nitrogens with zero attached hydrogens (tertiary/aromatic N) is 1. The van der Waals surface area contributed by atoms with Crippen molar-refractivity contribution in [3.8, 4) is 0 Å². The highest BCUT2D eigenvalue weighted by molar-refractivity contribution is 6.15. The van der Waals surface area contributed by atoms with E-state index in [1.54, 1.807) is 0 Å². The molecule has 24 heavy (non-hydrogen) atoms. The van der Waals surface area contributed by atoms with Crippen molar-refractivity contribution < 1.29 is 19.1 Å². The van der Waals surface area contributed by atoms with Gasteiger partial charge in [-0.25, -0.2) is 9.59 Å². The highest BCUT2D eigenvalue weighted by Gasteiger charge is 2.38. The maximum absolute atomic E-state index is 12.0. The van der Waals surface area contributed by atoms with Gasteiger partial charge < -0.3 is 19.7 Å². The number of anilines is 2. The molecule has 0 radical (unpaired) electrons. The number of hydrogen-bond donors (Lipinski definition) is 1. The molecule has 1 aromatic rings. The fourth-order valence-electron chi connectivity index (χ4n) is 3.01. The van der Waals surface area contributed by atoms with Crippen molar-refractivity contribution in [3.05, 3.63) is 35.5 Å². The smallest absolute Gasteiger partial charge is 0.350 e. The molecule has 2 saturated heterocycles. The zero-order valence-corrected chi connectivity index (χ0v) is 14.2. The highest BCUT2D eigenvalue weighted by Crippen LogP contribution is 2.30. The molecule has 0 aromatic heterocycles. The zero-order chi connectivity index (χ0) is 17.3. The number of carbonyl (C=O) groups is 2. The van der Waals surface area contributed by atoms with E-state index in [0.717, 1.165) is 24.3 Å².